The van der Waals surface area contributed by atoms with Crippen molar-refractivity contribution in [1.82, 2.24) is 5.32 Å². The number of allylic oxidation sites excluding steroid dienone is 12. The van der Waals surface area contributed by atoms with E-state index in [1.165, 1.54) is 250 Å². The van der Waals surface area contributed by atoms with Gasteiger partial charge in [0.25, 0.3) is 7.82 Å². The first-order chi connectivity index (χ1) is 41.5. The van der Waals surface area contributed by atoms with Crippen LogP contribution in [0, 0.1) is 0 Å². The zero-order chi connectivity index (χ0) is 61.9. The zero-order valence-electron chi connectivity index (χ0n) is 57.1. The van der Waals surface area contributed by atoms with Crippen molar-refractivity contribution in [2.75, 3.05) is 40.9 Å². The summed E-state index contributed by atoms with van der Waals surface area (Å²) in [6, 6.07) is -0.804. The van der Waals surface area contributed by atoms with E-state index in [-0.39, 0.29) is 19.1 Å². The fourth-order valence-electron chi connectivity index (χ4n) is 11.0. The highest BCUT2D eigenvalue weighted by Gasteiger charge is 2.24. The SMILES string of the molecule is CC/C=C\C/C=C\C/C=C\C/C=C\C/C=C\C/C=C\CCCCCCCCCCCCCCCCCCCCC(=O)NC(COP(=O)([O-])OCC[N+](C)(C)C)C(O)CCCCCCCCCCCCCCCCCCCCCCCCCCCC. The number of nitrogens with zero attached hydrogens (tertiary/aromatic N) is 1. The van der Waals surface area contributed by atoms with Crippen LogP contribution in [0.1, 0.15) is 354 Å². The van der Waals surface area contributed by atoms with Gasteiger partial charge in [0.1, 0.15) is 13.2 Å². The summed E-state index contributed by atoms with van der Waals surface area (Å²) < 4.78 is 23.6. The van der Waals surface area contributed by atoms with Crippen LogP contribution in [-0.2, 0) is 18.4 Å². The van der Waals surface area contributed by atoms with Gasteiger partial charge in [-0.25, -0.2) is 0 Å². The topological polar surface area (TPSA) is 108 Å². The Morgan fingerprint density at radius 3 is 1.05 bits per heavy atom. The molecule has 0 aromatic heterocycles. The third-order valence-electron chi connectivity index (χ3n) is 16.7. The highest BCUT2D eigenvalue weighted by Crippen LogP contribution is 2.38. The molecule has 0 aliphatic rings. The van der Waals surface area contributed by atoms with Gasteiger partial charge < -0.3 is 28.8 Å². The van der Waals surface area contributed by atoms with Crippen molar-refractivity contribution in [3.63, 3.8) is 0 Å². The molecule has 0 aliphatic heterocycles. The van der Waals surface area contributed by atoms with E-state index in [0.717, 1.165) is 77.0 Å². The summed E-state index contributed by atoms with van der Waals surface area (Å²) >= 11 is 0. The lowest BCUT2D eigenvalue weighted by molar-refractivity contribution is -0.870. The number of phosphoric ester groups is 1. The summed E-state index contributed by atoms with van der Waals surface area (Å²) in [7, 11) is 1.32. The molecule has 3 unspecified atom stereocenters. The van der Waals surface area contributed by atoms with E-state index in [2.05, 4.69) is 92.1 Å². The number of likely N-dealkylation sites (N-methyl/N-ethyl adjacent to an activating group) is 1. The van der Waals surface area contributed by atoms with Gasteiger partial charge in [0.05, 0.1) is 39.9 Å². The Hall–Kier alpha value is -2.06. The number of phosphoric acid groups is 1. The molecule has 1 amide bonds. The van der Waals surface area contributed by atoms with Gasteiger partial charge >= 0.3 is 0 Å². The Morgan fingerprint density at radius 1 is 0.424 bits per heavy atom. The molecule has 0 heterocycles. The average molecular weight is 1210 g/mol. The lowest BCUT2D eigenvalue weighted by Crippen LogP contribution is -2.46. The second-order valence-electron chi connectivity index (χ2n) is 26.3. The van der Waals surface area contributed by atoms with Crippen LogP contribution < -0.4 is 10.2 Å². The van der Waals surface area contributed by atoms with Gasteiger partial charge in [-0.05, 0) is 64.2 Å². The average Bonchev–Trinajstić information content (AvgIpc) is 3.49. The molecular weight excluding hydrogens is 1070 g/mol. The van der Waals surface area contributed by atoms with Crippen LogP contribution in [0.25, 0.3) is 0 Å². The van der Waals surface area contributed by atoms with E-state index in [9.17, 15) is 19.4 Å². The predicted octanol–water partition coefficient (Wildman–Crippen LogP) is 23.1. The van der Waals surface area contributed by atoms with Crippen LogP contribution in [0.3, 0.4) is 0 Å². The summed E-state index contributed by atoms with van der Waals surface area (Å²) in [5.41, 5.74) is 0. The number of aliphatic hydroxyl groups excluding tert-OH is 1. The monoisotopic (exact) mass is 1210 g/mol. The quantitative estimate of drug-likeness (QED) is 0.0272. The van der Waals surface area contributed by atoms with Gasteiger partial charge in [-0.15, -0.1) is 0 Å². The smallest absolute Gasteiger partial charge is 0.268 e. The fraction of sp³-hybridized carbons (Fsp3) is 0.829. The Kier molecular flexibility index (Phi) is 64.8. The summed E-state index contributed by atoms with van der Waals surface area (Å²) in [6.07, 6.45) is 92.7. The molecule has 0 saturated carbocycles. The van der Waals surface area contributed by atoms with Gasteiger partial charge in [0.2, 0.25) is 5.91 Å². The van der Waals surface area contributed by atoms with E-state index in [4.69, 9.17) is 9.05 Å². The number of carbonyl (C=O) groups is 1. The van der Waals surface area contributed by atoms with Gasteiger partial charge in [-0.3, -0.25) is 9.36 Å². The Bertz CT molecular complexity index is 1620. The number of hydrogen-bond acceptors (Lipinski definition) is 6. The lowest BCUT2D eigenvalue weighted by Gasteiger charge is -2.30. The number of aliphatic hydroxyl groups is 1. The third-order valence-corrected chi connectivity index (χ3v) is 17.7. The second-order valence-corrected chi connectivity index (χ2v) is 27.7. The molecule has 0 aromatic carbocycles. The molecule has 3 atom stereocenters. The number of amides is 1. The van der Waals surface area contributed by atoms with E-state index in [0.29, 0.717) is 23.9 Å². The summed E-state index contributed by atoms with van der Waals surface area (Å²) in [6.45, 7) is 4.66. The minimum Gasteiger partial charge on any atom is -0.756 e. The molecule has 498 valence electrons. The number of carbonyl (C=O) groups excluding carboxylic acids is 1. The standard InChI is InChI=1S/C76H143N2O6P/c1-6-8-10-12-14-16-18-20-22-24-26-28-30-32-34-35-36-37-38-39-40-41-42-43-44-46-48-50-52-54-56-58-60-62-64-66-68-70-76(80)77-74(73-84-85(81,82)83-72-71-78(3,4)5)75(79)69-67-65-63-61-59-57-55-53-51-49-47-45-33-31-29-27-25-23-21-19-17-15-13-11-9-7-2/h8,10,14,16,20,22,26,28,32,34,36-37,74-75,79H,6-7,9,11-13,15,17-19,21,23-25,27,29-31,33,35,38-73H2,1-5H3,(H-,77,80,81,82)/b10-8-,16-14-,22-20-,28-26-,34-32-,37-36-. The molecule has 8 nitrogen and oxygen atoms in total. The van der Waals surface area contributed by atoms with E-state index in [1.807, 2.05) is 21.1 Å². The Balaban J connectivity index is 3.98. The molecule has 9 heteroatoms. The van der Waals surface area contributed by atoms with Crippen molar-refractivity contribution in [2.45, 2.75) is 366 Å². The highest BCUT2D eigenvalue weighted by molar-refractivity contribution is 7.45. The maximum absolute atomic E-state index is 13.1. The van der Waals surface area contributed by atoms with Crippen molar-refractivity contribution in [3.8, 4) is 0 Å². The van der Waals surface area contributed by atoms with Crippen LogP contribution in [-0.4, -0.2) is 68.5 Å². The normalized spacial score (nSPS) is 14.0. The van der Waals surface area contributed by atoms with Crippen LogP contribution in [0.4, 0.5) is 0 Å². The van der Waals surface area contributed by atoms with Crippen molar-refractivity contribution >= 4 is 13.7 Å². The molecule has 0 rings (SSSR count). The fourth-order valence-corrected chi connectivity index (χ4v) is 11.8. The Morgan fingerprint density at radius 2 is 0.718 bits per heavy atom. The third kappa shape index (κ3) is 69.3. The molecule has 0 bridgehead atoms. The van der Waals surface area contributed by atoms with Gasteiger partial charge in [0.15, 0.2) is 0 Å². The second kappa shape index (κ2) is 66.4. The first-order valence-corrected chi connectivity index (χ1v) is 38.2. The summed E-state index contributed by atoms with van der Waals surface area (Å²) in [5, 5.41) is 14.1. The van der Waals surface area contributed by atoms with Crippen LogP contribution in [0.5, 0.6) is 0 Å². The Labute approximate surface area is 529 Å². The number of hydrogen-bond donors (Lipinski definition) is 2. The van der Waals surface area contributed by atoms with Crippen molar-refractivity contribution in [3.05, 3.63) is 72.9 Å². The number of quaternary nitrogens is 1. The number of unbranched alkanes of at least 4 members (excludes halogenated alkanes) is 43. The summed E-state index contributed by atoms with van der Waals surface area (Å²) in [5.74, 6) is -0.159. The van der Waals surface area contributed by atoms with Crippen LogP contribution >= 0.6 is 7.82 Å². The van der Waals surface area contributed by atoms with E-state index >= 15 is 0 Å². The first-order valence-electron chi connectivity index (χ1n) is 36.8. The molecule has 0 aliphatic carbocycles. The first kappa shape index (κ1) is 82.9. The highest BCUT2D eigenvalue weighted by atomic mass is 31.2. The molecule has 2 N–H and O–H groups in total. The van der Waals surface area contributed by atoms with Crippen LogP contribution in [0.15, 0.2) is 72.9 Å². The molecule has 0 fully saturated rings. The lowest BCUT2D eigenvalue weighted by atomic mass is 10.0. The predicted molar refractivity (Wildman–Crippen MR) is 371 cm³/mol. The maximum Gasteiger partial charge on any atom is 0.268 e. The molecular formula is C76H143N2O6P. The molecule has 0 spiro atoms. The maximum atomic E-state index is 13.1. The van der Waals surface area contributed by atoms with Gasteiger partial charge in [0, 0.05) is 6.42 Å². The summed E-state index contributed by atoms with van der Waals surface area (Å²) in [4.78, 5) is 25.7. The number of rotatable bonds is 68. The van der Waals surface area contributed by atoms with Gasteiger partial charge in [-0.2, -0.15) is 0 Å². The molecule has 0 saturated heterocycles. The molecule has 85 heavy (non-hydrogen) atoms. The van der Waals surface area contributed by atoms with Crippen LogP contribution in [0.2, 0.25) is 0 Å². The molecule has 0 radical (unpaired) electrons. The van der Waals surface area contributed by atoms with Crippen molar-refractivity contribution < 1.29 is 32.9 Å². The van der Waals surface area contributed by atoms with Gasteiger partial charge in [-0.1, -0.05) is 356 Å². The zero-order valence-corrected chi connectivity index (χ0v) is 58.0. The van der Waals surface area contributed by atoms with E-state index in [1.54, 1.807) is 0 Å². The van der Waals surface area contributed by atoms with E-state index < -0.39 is 20.0 Å². The minimum absolute atomic E-state index is 0.0124. The van der Waals surface area contributed by atoms with Crippen molar-refractivity contribution in [2.24, 2.45) is 0 Å². The molecule has 0 aromatic rings. The minimum atomic E-state index is -4.58. The van der Waals surface area contributed by atoms with Crippen molar-refractivity contribution in [1.29, 1.82) is 0 Å². The largest absolute Gasteiger partial charge is 0.756 e. The number of nitrogens with one attached hydrogen (secondary N) is 1.